The Labute approximate surface area is 84.6 Å². The van der Waals surface area contributed by atoms with Crippen molar-refractivity contribution in [2.45, 2.75) is 13.1 Å². The molecule has 0 atom stereocenters. The Balaban J connectivity index is 2.84. The first-order chi connectivity index (χ1) is 7.00. The second kappa shape index (κ2) is 3.22. The van der Waals surface area contributed by atoms with Gasteiger partial charge in [0.2, 0.25) is 0 Å². The summed E-state index contributed by atoms with van der Waals surface area (Å²) in [6.07, 6.45) is -2.97. The van der Waals surface area contributed by atoms with E-state index in [1.54, 1.807) is 19.1 Å². The van der Waals surface area contributed by atoms with E-state index in [1.165, 1.54) is 12.3 Å². The summed E-state index contributed by atoms with van der Waals surface area (Å²) in [5.74, 6) is 0. The maximum absolute atomic E-state index is 12.6. The van der Waals surface area contributed by atoms with Gasteiger partial charge in [-0.3, -0.25) is 4.98 Å². The van der Waals surface area contributed by atoms with E-state index in [1.807, 2.05) is 0 Å². The molecule has 0 saturated carbocycles. The summed E-state index contributed by atoms with van der Waals surface area (Å²) in [6, 6.07) is 5.82. The fourth-order valence-corrected chi connectivity index (χ4v) is 1.54. The van der Waals surface area contributed by atoms with Crippen molar-refractivity contribution in [1.29, 1.82) is 0 Å². The van der Waals surface area contributed by atoms with Gasteiger partial charge in [-0.05, 0) is 24.6 Å². The van der Waals surface area contributed by atoms with Gasteiger partial charge in [-0.2, -0.15) is 13.2 Å². The molecule has 4 heteroatoms. The maximum atomic E-state index is 12.6. The quantitative estimate of drug-likeness (QED) is 0.649. The molecule has 0 radical (unpaired) electrons. The SMILES string of the molecule is Cc1ccc(C(F)(F)F)c2ncccc12. The average Bonchev–Trinajstić information content (AvgIpc) is 2.17. The van der Waals surface area contributed by atoms with Crippen molar-refractivity contribution >= 4 is 10.9 Å². The zero-order chi connectivity index (χ0) is 11.1. The average molecular weight is 211 g/mol. The van der Waals surface area contributed by atoms with Crippen molar-refractivity contribution in [3.63, 3.8) is 0 Å². The van der Waals surface area contributed by atoms with Crippen LogP contribution in [0, 0.1) is 6.92 Å². The van der Waals surface area contributed by atoms with Gasteiger partial charge in [-0.15, -0.1) is 0 Å². The summed E-state index contributed by atoms with van der Waals surface area (Å²) in [4.78, 5) is 3.79. The van der Waals surface area contributed by atoms with Gasteiger partial charge in [-0.25, -0.2) is 0 Å². The molecule has 0 saturated heterocycles. The largest absolute Gasteiger partial charge is 0.418 e. The van der Waals surface area contributed by atoms with Gasteiger partial charge in [0.1, 0.15) is 0 Å². The Morgan fingerprint density at radius 3 is 2.53 bits per heavy atom. The number of fused-ring (bicyclic) bond motifs is 1. The minimum absolute atomic E-state index is 0.0185. The van der Waals surface area contributed by atoms with Crippen molar-refractivity contribution in [3.05, 3.63) is 41.6 Å². The number of alkyl halides is 3. The van der Waals surface area contributed by atoms with Crippen LogP contribution in [0.5, 0.6) is 0 Å². The van der Waals surface area contributed by atoms with Gasteiger partial charge in [0.25, 0.3) is 0 Å². The molecule has 0 aliphatic carbocycles. The van der Waals surface area contributed by atoms with Crippen molar-refractivity contribution in [3.8, 4) is 0 Å². The minimum Gasteiger partial charge on any atom is -0.256 e. The van der Waals surface area contributed by atoms with Crippen LogP contribution < -0.4 is 0 Å². The molecule has 15 heavy (non-hydrogen) atoms. The molecule has 78 valence electrons. The molecule has 1 aromatic carbocycles. The van der Waals surface area contributed by atoms with Crippen LogP contribution >= 0.6 is 0 Å². The number of aryl methyl sites for hydroxylation is 1. The Kier molecular flexibility index (Phi) is 2.14. The van der Waals surface area contributed by atoms with Gasteiger partial charge < -0.3 is 0 Å². The lowest BCUT2D eigenvalue weighted by Gasteiger charge is -2.10. The first-order valence-electron chi connectivity index (χ1n) is 4.41. The summed E-state index contributed by atoms with van der Waals surface area (Å²) >= 11 is 0. The van der Waals surface area contributed by atoms with Crippen molar-refractivity contribution in [2.75, 3.05) is 0 Å². The molecule has 0 fully saturated rings. The van der Waals surface area contributed by atoms with Crippen LogP contribution in [0.3, 0.4) is 0 Å². The summed E-state index contributed by atoms with van der Waals surface area (Å²) in [5.41, 5.74) is 0.139. The summed E-state index contributed by atoms with van der Waals surface area (Å²) in [7, 11) is 0. The number of nitrogens with zero attached hydrogens (tertiary/aromatic N) is 1. The van der Waals surface area contributed by atoms with Crippen LogP contribution in [-0.4, -0.2) is 4.98 Å². The lowest BCUT2D eigenvalue weighted by atomic mass is 10.0. The predicted molar refractivity (Wildman–Crippen MR) is 51.5 cm³/mol. The summed E-state index contributed by atoms with van der Waals surface area (Å²) in [6.45, 7) is 1.77. The highest BCUT2D eigenvalue weighted by atomic mass is 19.4. The van der Waals surface area contributed by atoms with Crippen LogP contribution in [0.15, 0.2) is 30.5 Å². The molecule has 0 bridgehead atoms. The molecule has 2 rings (SSSR count). The van der Waals surface area contributed by atoms with Gasteiger partial charge in [0.15, 0.2) is 0 Å². The summed E-state index contributed by atoms with van der Waals surface area (Å²) < 4.78 is 37.8. The Hall–Kier alpha value is -1.58. The number of pyridine rings is 1. The van der Waals surface area contributed by atoms with E-state index in [9.17, 15) is 13.2 Å². The predicted octanol–water partition coefficient (Wildman–Crippen LogP) is 3.56. The zero-order valence-corrected chi connectivity index (χ0v) is 7.97. The van der Waals surface area contributed by atoms with Crippen molar-refractivity contribution in [1.82, 2.24) is 4.98 Å². The molecular weight excluding hydrogens is 203 g/mol. The lowest BCUT2D eigenvalue weighted by Crippen LogP contribution is -2.06. The molecule has 1 aromatic heterocycles. The van der Waals surface area contributed by atoms with E-state index in [-0.39, 0.29) is 5.52 Å². The van der Waals surface area contributed by atoms with Crippen LogP contribution in [0.4, 0.5) is 13.2 Å². The second-order valence-corrected chi connectivity index (χ2v) is 3.33. The monoisotopic (exact) mass is 211 g/mol. The molecule has 0 aliphatic heterocycles. The third-order valence-corrected chi connectivity index (χ3v) is 2.29. The van der Waals surface area contributed by atoms with Crippen molar-refractivity contribution in [2.24, 2.45) is 0 Å². The number of benzene rings is 1. The molecule has 0 N–H and O–H groups in total. The number of hydrogen-bond acceptors (Lipinski definition) is 1. The summed E-state index contributed by atoms with van der Waals surface area (Å²) in [5, 5.41) is 0.548. The van der Waals surface area contributed by atoms with Gasteiger partial charge in [0.05, 0.1) is 11.1 Å². The number of rotatable bonds is 0. The minimum atomic E-state index is -4.35. The Morgan fingerprint density at radius 2 is 1.87 bits per heavy atom. The molecule has 0 spiro atoms. The highest BCUT2D eigenvalue weighted by Gasteiger charge is 2.33. The first kappa shape index (κ1) is 9.96. The molecule has 1 heterocycles. The molecular formula is C11H8F3N. The number of halogens is 3. The van der Waals surface area contributed by atoms with E-state index < -0.39 is 11.7 Å². The molecule has 1 nitrogen and oxygen atoms in total. The second-order valence-electron chi connectivity index (χ2n) is 3.33. The van der Waals surface area contributed by atoms with E-state index in [2.05, 4.69) is 4.98 Å². The first-order valence-corrected chi connectivity index (χ1v) is 4.41. The van der Waals surface area contributed by atoms with E-state index in [0.717, 1.165) is 11.6 Å². The third-order valence-electron chi connectivity index (χ3n) is 2.29. The number of aromatic nitrogens is 1. The van der Waals surface area contributed by atoms with Crippen molar-refractivity contribution < 1.29 is 13.2 Å². The molecule has 0 aliphatic rings. The zero-order valence-electron chi connectivity index (χ0n) is 7.97. The topological polar surface area (TPSA) is 12.9 Å². The van der Waals surface area contributed by atoms with Crippen LogP contribution in [0.25, 0.3) is 10.9 Å². The normalized spacial score (nSPS) is 12.0. The third kappa shape index (κ3) is 1.67. The standard InChI is InChI=1S/C11H8F3N/c1-7-4-5-9(11(12,13)14)10-8(7)3-2-6-15-10/h2-6H,1H3. The van der Waals surface area contributed by atoms with Crippen LogP contribution in [0.1, 0.15) is 11.1 Å². The van der Waals surface area contributed by atoms with Crippen LogP contribution in [0.2, 0.25) is 0 Å². The maximum Gasteiger partial charge on any atom is 0.418 e. The molecule has 0 amide bonds. The van der Waals surface area contributed by atoms with Gasteiger partial charge in [0, 0.05) is 11.6 Å². The van der Waals surface area contributed by atoms with Gasteiger partial charge >= 0.3 is 6.18 Å². The Morgan fingerprint density at radius 1 is 1.13 bits per heavy atom. The molecule has 2 aromatic rings. The highest BCUT2D eigenvalue weighted by Crippen LogP contribution is 2.34. The van der Waals surface area contributed by atoms with Crippen LogP contribution in [-0.2, 0) is 6.18 Å². The Bertz CT molecular complexity index is 503. The van der Waals surface area contributed by atoms with E-state index in [4.69, 9.17) is 0 Å². The number of hydrogen-bond donors (Lipinski definition) is 0. The lowest BCUT2D eigenvalue weighted by molar-refractivity contribution is -0.136. The smallest absolute Gasteiger partial charge is 0.256 e. The van der Waals surface area contributed by atoms with Gasteiger partial charge in [-0.1, -0.05) is 12.1 Å². The highest BCUT2D eigenvalue weighted by molar-refractivity contribution is 5.85. The molecule has 0 unspecified atom stereocenters. The van der Waals surface area contributed by atoms with E-state index in [0.29, 0.717) is 5.39 Å². The fourth-order valence-electron chi connectivity index (χ4n) is 1.54. The van der Waals surface area contributed by atoms with E-state index >= 15 is 0 Å². The fraction of sp³-hybridized carbons (Fsp3) is 0.182.